The third kappa shape index (κ3) is 4.46. The Morgan fingerprint density at radius 1 is 1.25 bits per heavy atom. The van der Waals surface area contributed by atoms with Gasteiger partial charge < -0.3 is 21.3 Å². The van der Waals surface area contributed by atoms with Gasteiger partial charge in [0.05, 0.1) is 12.1 Å². The number of anilines is 2. The average molecular weight is 278 g/mol. The molecule has 6 nitrogen and oxygen atoms in total. The van der Waals surface area contributed by atoms with E-state index in [0.29, 0.717) is 17.8 Å². The van der Waals surface area contributed by atoms with Gasteiger partial charge in [-0.25, -0.2) is 0 Å². The monoisotopic (exact) mass is 278 g/mol. The molecule has 0 aliphatic rings. The van der Waals surface area contributed by atoms with Crippen LogP contribution < -0.4 is 21.3 Å². The van der Waals surface area contributed by atoms with E-state index in [9.17, 15) is 9.59 Å². The Bertz CT molecular complexity index is 486. The van der Waals surface area contributed by atoms with Crippen LogP contribution in [0.1, 0.15) is 23.7 Å². The Balaban J connectivity index is 2.72. The maximum absolute atomic E-state index is 12.1. The van der Waals surface area contributed by atoms with E-state index in [1.807, 2.05) is 25.9 Å². The van der Waals surface area contributed by atoms with Gasteiger partial charge in [-0.05, 0) is 24.6 Å². The van der Waals surface area contributed by atoms with Crippen molar-refractivity contribution in [2.75, 3.05) is 37.8 Å². The van der Waals surface area contributed by atoms with Gasteiger partial charge in [0, 0.05) is 32.0 Å². The number of nitrogens with two attached hydrogens (primary N) is 1. The van der Waals surface area contributed by atoms with Gasteiger partial charge in [0.25, 0.3) is 5.91 Å². The first-order chi connectivity index (χ1) is 9.45. The zero-order valence-electron chi connectivity index (χ0n) is 12.2. The molecule has 0 atom stereocenters. The molecule has 0 aliphatic carbocycles. The highest BCUT2D eigenvalue weighted by atomic mass is 16.2. The molecule has 2 amide bonds. The number of amides is 2. The Hall–Kier alpha value is -2.24. The Labute approximate surface area is 119 Å². The molecule has 0 bridgehead atoms. The molecule has 0 saturated carbocycles. The molecule has 0 fully saturated rings. The van der Waals surface area contributed by atoms with Gasteiger partial charge in [-0.3, -0.25) is 9.59 Å². The molecule has 0 radical (unpaired) electrons. The second-order valence-electron chi connectivity index (χ2n) is 4.70. The van der Waals surface area contributed by atoms with E-state index in [4.69, 9.17) is 5.73 Å². The van der Waals surface area contributed by atoms with Crippen LogP contribution >= 0.6 is 0 Å². The SMILES string of the molecule is CCCNC(=O)CNC(=O)c1cc(N)ccc1N(C)C. The van der Waals surface area contributed by atoms with E-state index in [2.05, 4.69) is 10.6 Å². The van der Waals surface area contributed by atoms with Crippen LogP contribution in [0.15, 0.2) is 18.2 Å². The number of carbonyl (C=O) groups is 2. The van der Waals surface area contributed by atoms with Gasteiger partial charge in [0.1, 0.15) is 0 Å². The number of rotatable bonds is 6. The van der Waals surface area contributed by atoms with Gasteiger partial charge in [-0.2, -0.15) is 0 Å². The van der Waals surface area contributed by atoms with Crippen molar-refractivity contribution in [1.29, 1.82) is 0 Å². The van der Waals surface area contributed by atoms with Crippen molar-refractivity contribution in [3.05, 3.63) is 23.8 Å². The highest BCUT2D eigenvalue weighted by Crippen LogP contribution is 2.21. The molecule has 0 unspecified atom stereocenters. The summed E-state index contributed by atoms with van der Waals surface area (Å²) in [6, 6.07) is 5.12. The summed E-state index contributed by atoms with van der Waals surface area (Å²) in [5.74, 6) is -0.511. The maximum Gasteiger partial charge on any atom is 0.253 e. The lowest BCUT2D eigenvalue weighted by Gasteiger charge is -2.17. The highest BCUT2D eigenvalue weighted by Gasteiger charge is 2.14. The molecule has 6 heteroatoms. The lowest BCUT2D eigenvalue weighted by Crippen LogP contribution is -2.37. The third-order valence-electron chi connectivity index (χ3n) is 2.73. The van der Waals surface area contributed by atoms with Crippen LogP contribution in [0, 0.1) is 0 Å². The zero-order chi connectivity index (χ0) is 15.1. The van der Waals surface area contributed by atoms with Crippen LogP contribution in [0.5, 0.6) is 0 Å². The van der Waals surface area contributed by atoms with Crippen molar-refractivity contribution >= 4 is 23.2 Å². The first kappa shape index (κ1) is 15.8. The van der Waals surface area contributed by atoms with E-state index in [-0.39, 0.29) is 18.4 Å². The largest absolute Gasteiger partial charge is 0.399 e. The number of hydrogen-bond acceptors (Lipinski definition) is 4. The molecule has 20 heavy (non-hydrogen) atoms. The number of hydrogen-bond donors (Lipinski definition) is 3. The molecule has 0 heterocycles. The van der Waals surface area contributed by atoms with Crippen molar-refractivity contribution < 1.29 is 9.59 Å². The standard InChI is InChI=1S/C14H22N4O2/c1-4-7-16-13(19)9-17-14(20)11-8-10(15)5-6-12(11)18(2)3/h5-6,8H,4,7,9,15H2,1-3H3,(H,16,19)(H,17,20). The summed E-state index contributed by atoms with van der Waals surface area (Å²) in [5, 5.41) is 5.30. The maximum atomic E-state index is 12.1. The van der Waals surface area contributed by atoms with Gasteiger partial charge in [-0.15, -0.1) is 0 Å². The fourth-order valence-corrected chi connectivity index (χ4v) is 1.71. The second kappa shape index (κ2) is 7.37. The average Bonchev–Trinajstić information content (AvgIpc) is 2.41. The van der Waals surface area contributed by atoms with Crippen LogP contribution in [0.25, 0.3) is 0 Å². The predicted octanol–water partition coefficient (Wildman–Crippen LogP) is 0.591. The van der Waals surface area contributed by atoms with Crippen molar-refractivity contribution in [2.45, 2.75) is 13.3 Å². The first-order valence-electron chi connectivity index (χ1n) is 6.57. The summed E-state index contributed by atoms with van der Waals surface area (Å²) in [6.45, 7) is 2.53. The van der Waals surface area contributed by atoms with Gasteiger partial charge in [-0.1, -0.05) is 6.92 Å². The lowest BCUT2D eigenvalue weighted by molar-refractivity contribution is -0.120. The minimum absolute atomic E-state index is 0.0412. The van der Waals surface area contributed by atoms with Crippen LogP contribution in [-0.2, 0) is 4.79 Å². The molecule has 0 saturated heterocycles. The van der Waals surface area contributed by atoms with Crippen LogP contribution in [0.2, 0.25) is 0 Å². The number of nitrogens with one attached hydrogen (secondary N) is 2. The minimum Gasteiger partial charge on any atom is -0.399 e. The molecule has 0 spiro atoms. The van der Waals surface area contributed by atoms with E-state index in [1.54, 1.807) is 18.2 Å². The summed E-state index contributed by atoms with van der Waals surface area (Å²) >= 11 is 0. The first-order valence-corrected chi connectivity index (χ1v) is 6.57. The van der Waals surface area contributed by atoms with Crippen LogP contribution in [-0.4, -0.2) is 39.0 Å². The van der Waals surface area contributed by atoms with Crippen molar-refractivity contribution in [3.8, 4) is 0 Å². The molecule has 1 aromatic rings. The second-order valence-corrected chi connectivity index (χ2v) is 4.70. The fraction of sp³-hybridized carbons (Fsp3) is 0.429. The Morgan fingerprint density at radius 3 is 2.55 bits per heavy atom. The summed E-state index contributed by atoms with van der Waals surface area (Å²) in [6.07, 6.45) is 0.861. The van der Waals surface area contributed by atoms with Gasteiger partial charge in [0.2, 0.25) is 5.91 Å². The Morgan fingerprint density at radius 2 is 1.95 bits per heavy atom. The molecule has 1 rings (SSSR count). The van der Waals surface area contributed by atoms with E-state index >= 15 is 0 Å². The summed E-state index contributed by atoms with van der Waals surface area (Å²) in [5.41, 5.74) is 7.43. The van der Waals surface area contributed by atoms with Crippen molar-refractivity contribution in [3.63, 3.8) is 0 Å². The van der Waals surface area contributed by atoms with Gasteiger partial charge >= 0.3 is 0 Å². The zero-order valence-corrected chi connectivity index (χ0v) is 12.2. The molecular weight excluding hydrogens is 256 g/mol. The summed E-state index contributed by atoms with van der Waals surface area (Å²) < 4.78 is 0. The number of carbonyl (C=O) groups excluding carboxylic acids is 2. The third-order valence-corrected chi connectivity index (χ3v) is 2.73. The molecule has 0 aromatic heterocycles. The molecule has 110 valence electrons. The number of nitrogens with zero attached hydrogens (tertiary/aromatic N) is 1. The molecule has 0 aliphatic heterocycles. The highest BCUT2D eigenvalue weighted by molar-refractivity contribution is 6.02. The normalized spacial score (nSPS) is 9.95. The molecule has 1 aromatic carbocycles. The lowest BCUT2D eigenvalue weighted by atomic mass is 10.1. The quantitative estimate of drug-likeness (QED) is 0.665. The summed E-state index contributed by atoms with van der Waals surface area (Å²) in [7, 11) is 3.69. The van der Waals surface area contributed by atoms with E-state index in [1.165, 1.54) is 0 Å². The number of nitrogen functional groups attached to an aromatic ring is 1. The minimum atomic E-state index is -0.312. The van der Waals surface area contributed by atoms with E-state index < -0.39 is 0 Å². The van der Waals surface area contributed by atoms with Crippen LogP contribution in [0.3, 0.4) is 0 Å². The van der Waals surface area contributed by atoms with Crippen molar-refractivity contribution in [2.24, 2.45) is 0 Å². The van der Waals surface area contributed by atoms with E-state index in [0.717, 1.165) is 12.1 Å². The summed E-state index contributed by atoms with van der Waals surface area (Å²) in [4.78, 5) is 25.4. The number of benzene rings is 1. The molecule has 4 N–H and O–H groups in total. The smallest absolute Gasteiger partial charge is 0.253 e. The topological polar surface area (TPSA) is 87.5 Å². The van der Waals surface area contributed by atoms with Crippen LogP contribution in [0.4, 0.5) is 11.4 Å². The fourth-order valence-electron chi connectivity index (χ4n) is 1.71. The predicted molar refractivity (Wildman–Crippen MR) is 80.8 cm³/mol. The van der Waals surface area contributed by atoms with Gasteiger partial charge in [0.15, 0.2) is 0 Å². The Kier molecular flexibility index (Phi) is 5.83. The van der Waals surface area contributed by atoms with Crippen molar-refractivity contribution in [1.82, 2.24) is 10.6 Å². The molecular formula is C14H22N4O2.